The average Bonchev–Trinajstić information content (AvgIpc) is 3.03. The minimum atomic E-state index is -5.72. The lowest BCUT2D eigenvalue weighted by Gasteiger charge is -2.31. The van der Waals surface area contributed by atoms with Crippen molar-refractivity contribution in [2.45, 2.75) is 57.2 Å². The van der Waals surface area contributed by atoms with Crippen molar-refractivity contribution in [2.75, 3.05) is 19.6 Å². The maximum Gasteiger partial charge on any atom is 0.534 e. The van der Waals surface area contributed by atoms with Crippen LogP contribution in [0.4, 0.5) is 18.0 Å². The van der Waals surface area contributed by atoms with Crippen molar-refractivity contribution in [3.05, 3.63) is 11.8 Å². The predicted octanol–water partition coefficient (Wildman–Crippen LogP) is 1.87. The summed E-state index contributed by atoms with van der Waals surface area (Å²) in [6.45, 7) is 5.52. The Bertz CT molecular complexity index is 776. The summed E-state index contributed by atoms with van der Waals surface area (Å²) in [6.07, 6.45) is 1.49. The van der Waals surface area contributed by atoms with Crippen molar-refractivity contribution in [1.82, 2.24) is 15.3 Å². The van der Waals surface area contributed by atoms with Crippen LogP contribution in [-0.2, 0) is 23.8 Å². The van der Waals surface area contributed by atoms with Crippen LogP contribution in [0, 0.1) is 0 Å². The highest BCUT2D eigenvalue weighted by Crippen LogP contribution is 2.28. The number of rotatable bonds is 4. The van der Waals surface area contributed by atoms with Crippen LogP contribution < -0.4 is 5.43 Å². The van der Waals surface area contributed by atoms with Crippen LogP contribution in [0.25, 0.3) is 0 Å². The number of hydrazine groups is 1. The summed E-state index contributed by atoms with van der Waals surface area (Å²) in [7, 11) is -5.72. The quantitative estimate of drug-likeness (QED) is 0.522. The summed E-state index contributed by atoms with van der Waals surface area (Å²) < 4.78 is 68.5. The van der Waals surface area contributed by atoms with Gasteiger partial charge in [0, 0.05) is 26.1 Å². The van der Waals surface area contributed by atoms with Gasteiger partial charge in [0.25, 0.3) is 5.91 Å². The third-order valence-corrected chi connectivity index (χ3v) is 5.12. The van der Waals surface area contributed by atoms with Gasteiger partial charge < -0.3 is 8.92 Å². The standard InChI is InChI=1S/C16H24F3N3O6S/c1-15(2,3)27-14(24)22-8-4-5-12(22)13(23)20-21-9-6-11(7-10-21)28-29(25,26)16(17,18)19/h6,12H,4-5,7-10H2,1-3H3,(H,20,23). The summed E-state index contributed by atoms with van der Waals surface area (Å²) in [5.41, 5.74) is -3.61. The molecule has 13 heteroatoms. The third kappa shape index (κ3) is 6.23. The molecule has 0 radical (unpaired) electrons. The van der Waals surface area contributed by atoms with Crippen molar-refractivity contribution in [3.63, 3.8) is 0 Å². The molecule has 2 aliphatic rings. The number of nitrogens with one attached hydrogen (secondary N) is 1. The van der Waals surface area contributed by atoms with Crippen molar-refractivity contribution >= 4 is 22.1 Å². The van der Waals surface area contributed by atoms with Gasteiger partial charge in [-0.25, -0.2) is 9.80 Å². The normalized spacial score (nSPS) is 21.5. The summed E-state index contributed by atoms with van der Waals surface area (Å²) >= 11 is 0. The Kier molecular flexibility index (Phi) is 6.72. The molecule has 0 aliphatic carbocycles. The maximum atomic E-state index is 12.5. The van der Waals surface area contributed by atoms with Crippen LogP contribution in [0.15, 0.2) is 11.8 Å². The van der Waals surface area contributed by atoms with Gasteiger partial charge in [-0.15, -0.1) is 0 Å². The first kappa shape index (κ1) is 23.3. The zero-order valence-electron chi connectivity index (χ0n) is 16.3. The first-order valence-corrected chi connectivity index (χ1v) is 10.4. The molecule has 2 rings (SSSR count). The molecule has 0 saturated carbocycles. The molecule has 2 heterocycles. The molecule has 1 unspecified atom stereocenters. The number of likely N-dealkylation sites (tertiary alicyclic amines) is 1. The maximum absolute atomic E-state index is 12.5. The van der Waals surface area contributed by atoms with Gasteiger partial charge in [0.05, 0.1) is 0 Å². The monoisotopic (exact) mass is 443 g/mol. The lowest BCUT2D eigenvalue weighted by molar-refractivity contribution is -0.130. The zero-order valence-corrected chi connectivity index (χ0v) is 17.1. The summed E-state index contributed by atoms with van der Waals surface area (Å²) in [5, 5.41) is 1.40. The van der Waals surface area contributed by atoms with E-state index in [9.17, 15) is 31.2 Å². The molecule has 29 heavy (non-hydrogen) atoms. The molecular weight excluding hydrogens is 419 g/mol. The first-order valence-electron chi connectivity index (χ1n) is 8.94. The van der Waals surface area contributed by atoms with Crippen LogP contribution in [0.5, 0.6) is 0 Å². The zero-order chi connectivity index (χ0) is 22.0. The molecular formula is C16H24F3N3O6S. The minimum Gasteiger partial charge on any atom is -0.444 e. The Morgan fingerprint density at radius 3 is 2.38 bits per heavy atom. The van der Waals surface area contributed by atoms with E-state index in [-0.39, 0.29) is 25.3 Å². The van der Waals surface area contributed by atoms with Crippen molar-refractivity contribution in [1.29, 1.82) is 0 Å². The number of hydrogen-bond acceptors (Lipinski definition) is 7. The fourth-order valence-corrected chi connectivity index (χ4v) is 3.35. The van der Waals surface area contributed by atoms with Gasteiger partial charge in [-0.3, -0.25) is 15.1 Å². The van der Waals surface area contributed by atoms with Gasteiger partial charge in [-0.2, -0.15) is 21.6 Å². The smallest absolute Gasteiger partial charge is 0.444 e. The summed E-state index contributed by atoms with van der Waals surface area (Å²) in [4.78, 5) is 26.1. The van der Waals surface area contributed by atoms with E-state index < -0.39 is 39.3 Å². The predicted molar refractivity (Wildman–Crippen MR) is 94.4 cm³/mol. The molecule has 2 aliphatic heterocycles. The van der Waals surface area contributed by atoms with Crippen LogP contribution in [-0.4, -0.2) is 67.1 Å². The highest BCUT2D eigenvalue weighted by atomic mass is 32.2. The second-order valence-electron chi connectivity index (χ2n) is 7.66. The number of alkyl halides is 3. The van der Waals surface area contributed by atoms with Crippen LogP contribution >= 0.6 is 0 Å². The second-order valence-corrected chi connectivity index (χ2v) is 9.20. The molecule has 0 spiro atoms. The van der Waals surface area contributed by atoms with Crippen LogP contribution in [0.1, 0.15) is 40.0 Å². The number of halogens is 3. The van der Waals surface area contributed by atoms with E-state index in [4.69, 9.17) is 4.74 Å². The Balaban J connectivity index is 1.92. The largest absolute Gasteiger partial charge is 0.534 e. The Hall–Kier alpha value is -2.02. The number of carbonyl (C=O) groups excluding carboxylic acids is 2. The molecule has 166 valence electrons. The molecule has 1 atom stereocenters. The fraction of sp³-hybridized carbons (Fsp3) is 0.750. The van der Waals surface area contributed by atoms with Crippen molar-refractivity contribution in [2.24, 2.45) is 0 Å². The molecule has 1 N–H and O–H groups in total. The highest BCUT2D eigenvalue weighted by Gasteiger charge is 2.49. The molecule has 1 saturated heterocycles. The van der Waals surface area contributed by atoms with E-state index in [1.165, 1.54) is 9.91 Å². The second kappa shape index (κ2) is 8.38. The number of carbonyl (C=O) groups is 2. The van der Waals surface area contributed by atoms with E-state index in [0.29, 0.717) is 19.4 Å². The summed E-state index contributed by atoms with van der Waals surface area (Å²) in [6, 6.07) is -0.725. The molecule has 2 amide bonds. The highest BCUT2D eigenvalue weighted by molar-refractivity contribution is 7.87. The van der Waals surface area contributed by atoms with E-state index in [2.05, 4.69) is 9.61 Å². The molecule has 0 aromatic rings. The number of amides is 2. The van der Waals surface area contributed by atoms with Gasteiger partial charge in [-0.1, -0.05) is 0 Å². The number of nitrogens with zero attached hydrogens (tertiary/aromatic N) is 2. The Morgan fingerprint density at radius 2 is 1.86 bits per heavy atom. The number of hydrogen-bond donors (Lipinski definition) is 1. The van der Waals surface area contributed by atoms with Crippen molar-refractivity contribution < 1.29 is 40.1 Å². The van der Waals surface area contributed by atoms with Crippen LogP contribution in [0.2, 0.25) is 0 Å². The SMILES string of the molecule is CC(C)(C)OC(=O)N1CCCC1C(=O)NN1CC=C(OS(=O)(=O)C(F)(F)F)CC1. The minimum absolute atomic E-state index is 0.0457. The van der Waals surface area contributed by atoms with E-state index >= 15 is 0 Å². The van der Waals surface area contributed by atoms with Gasteiger partial charge >= 0.3 is 21.7 Å². The Labute approximate surface area is 166 Å². The lowest BCUT2D eigenvalue weighted by atomic mass is 10.2. The molecule has 0 bridgehead atoms. The van der Waals surface area contributed by atoms with Crippen LogP contribution in [0.3, 0.4) is 0 Å². The fourth-order valence-electron chi connectivity index (χ4n) is 2.82. The third-order valence-electron chi connectivity index (χ3n) is 4.12. The van der Waals surface area contributed by atoms with Crippen molar-refractivity contribution in [3.8, 4) is 0 Å². The topological polar surface area (TPSA) is 105 Å². The van der Waals surface area contributed by atoms with E-state index in [1.807, 2.05) is 0 Å². The summed E-state index contributed by atoms with van der Waals surface area (Å²) in [5.74, 6) is -0.793. The van der Waals surface area contributed by atoms with Gasteiger partial charge in [-0.05, 0) is 39.7 Å². The molecule has 1 fully saturated rings. The van der Waals surface area contributed by atoms with Gasteiger partial charge in [0.2, 0.25) is 0 Å². The number of ether oxygens (including phenoxy) is 1. The van der Waals surface area contributed by atoms with Gasteiger partial charge in [0.1, 0.15) is 17.4 Å². The molecule has 9 nitrogen and oxygen atoms in total. The lowest BCUT2D eigenvalue weighted by Crippen LogP contribution is -2.53. The van der Waals surface area contributed by atoms with E-state index in [0.717, 1.165) is 6.08 Å². The molecule has 0 aromatic carbocycles. The van der Waals surface area contributed by atoms with Gasteiger partial charge in [0.15, 0.2) is 0 Å². The average molecular weight is 443 g/mol. The van der Waals surface area contributed by atoms with E-state index in [1.54, 1.807) is 20.8 Å². The Morgan fingerprint density at radius 1 is 1.21 bits per heavy atom. The first-order chi connectivity index (χ1) is 13.2. The molecule has 0 aromatic heterocycles.